The summed E-state index contributed by atoms with van der Waals surface area (Å²) >= 11 is 0. The molecule has 0 N–H and O–H groups in total. The van der Waals surface area contributed by atoms with Crippen LogP contribution in [0.3, 0.4) is 0 Å². The lowest BCUT2D eigenvalue weighted by molar-refractivity contribution is -0.870. The van der Waals surface area contributed by atoms with Crippen LogP contribution >= 0.6 is 7.82 Å². The zero-order valence-corrected chi connectivity index (χ0v) is 45.5. The molecule has 0 aromatic carbocycles. The smallest absolute Gasteiger partial charge is 0.460 e. The van der Waals surface area contributed by atoms with Crippen molar-refractivity contribution in [2.75, 3.05) is 47.5 Å². The monoisotopic (exact) mass is 1400 g/mol. The van der Waals surface area contributed by atoms with Gasteiger partial charge in [-0.05, 0) is 50.7 Å². The van der Waals surface area contributed by atoms with E-state index in [9.17, 15) is 168 Å². The summed E-state index contributed by atoms with van der Waals surface area (Å²) < 4.78 is 490. The van der Waals surface area contributed by atoms with Crippen LogP contribution in [0, 0.1) is 0 Å². The van der Waals surface area contributed by atoms with Gasteiger partial charge in [0.05, 0.1) is 27.7 Å². The van der Waals surface area contributed by atoms with Crippen molar-refractivity contribution in [3.63, 3.8) is 0 Å². The molecule has 0 heterocycles. The Morgan fingerprint density at radius 2 is 0.682 bits per heavy atom. The summed E-state index contributed by atoms with van der Waals surface area (Å²) in [5.41, 5.74) is 0. The molecular weight excluding hydrogens is 1350 g/mol. The summed E-state index contributed by atoms with van der Waals surface area (Å²) in [4.78, 5) is 37.3. The maximum absolute atomic E-state index is 14.1. The number of carbonyl (C=O) groups excluding carboxylic acids is 2. The number of phosphoric ester groups is 1. The fourth-order valence-electron chi connectivity index (χ4n) is 6.40. The zero-order chi connectivity index (χ0) is 70.1. The van der Waals surface area contributed by atoms with Gasteiger partial charge in [0, 0.05) is 12.8 Å². The van der Waals surface area contributed by atoms with Gasteiger partial charge in [0.15, 0.2) is 6.10 Å². The Labute approximate surface area is 474 Å². The van der Waals surface area contributed by atoms with Crippen molar-refractivity contribution in [3.8, 4) is 0 Å². The Kier molecular flexibility index (Phi) is 27.7. The van der Waals surface area contributed by atoms with Crippen molar-refractivity contribution < 1.29 is 191 Å². The number of alkyl halides is 34. The maximum Gasteiger partial charge on any atom is 0.460 e. The molecule has 9 nitrogen and oxygen atoms in total. The largest absolute Gasteiger partial charge is 0.756 e. The number of rotatable bonds is 40. The number of esters is 2. The van der Waals surface area contributed by atoms with E-state index in [0.717, 1.165) is 0 Å². The summed E-state index contributed by atoms with van der Waals surface area (Å²) in [7, 11) is -0.287. The molecule has 2 unspecified atom stereocenters. The third kappa shape index (κ3) is 18.4. The first-order valence-electron chi connectivity index (χ1n) is 24.3. The van der Waals surface area contributed by atoms with Crippen molar-refractivity contribution in [2.45, 2.75) is 191 Å². The van der Waals surface area contributed by atoms with Crippen molar-refractivity contribution >= 4 is 19.8 Å². The van der Waals surface area contributed by atoms with Crippen LogP contribution in [0.25, 0.3) is 0 Å². The number of hydrogen-bond acceptors (Lipinski definition) is 8. The van der Waals surface area contributed by atoms with E-state index in [2.05, 4.69) is 9.05 Å². The van der Waals surface area contributed by atoms with Crippen LogP contribution in [-0.4, -0.2) is 165 Å². The van der Waals surface area contributed by atoms with Crippen molar-refractivity contribution in [3.05, 3.63) is 24.3 Å². The molecule has 0 aromatic heterocycles. The molecule has 0 bridgehead atoms. The SMILES string of the molecule is C[N+](C)(C)CCOP(=O)([O-])OCC(COC(=O)CCCCCCC/C=C/C(F)(F)C(F)(F)C(F)(F)C(F)(F)C(F)(F)C(F)(F)C(F)(F)C(F)(F)F)OC(=O)CCCCCCC/C=C/C(F)(F)C(F)(F)C(F)(F)C(F)(F)C(F)(F)C(F)(F)C(F)(F)C(F)(F)F. The molecule has 0 aliphatic carbocycles. The maximum atomic E-state index is 14.1. The van der Waals surface area contributed by atoms with Crippen LogP contribution in [0.4, 0.5) is 149 Å². The van der Waals surface area contributed by atoms with Crippen molar-refractivity contribution in [2.24, 2.45) is 0 Å². The van der Waals surface area contributed by atoms with Crippen LogP contribution in [-0.2, 0) is 32.7 Å². The second-order valence-electron chi connectivity index (χ2n) is 19.9. The molecule has 522 valence electrons. The number of carbonyl (C=O) groups is 2. The lowest BCUT2D eigenvalue weighted by Crippen LogP contribution is -2.74. The molecule has 0 saturated heterocycles. The number of phosphoric acid groups is 1. The summed E-state index contributed by atoms with van der Waals surface area (Å²) in [5, 5.41) is 0. The minimum absolute atomic E-state index is 0.00147. The molecule has 0 radical (unpaired) electrons. The minimum atomic E-state index is -8.79. The second-order valence-corrected chi connectivity index (χ2v) is 21.3. The number of allylic oxidation sites excluding steroid dienone is 4. The predicted octanol–water partition coefficient (Wildman–Crippen LogP) is 16.2. The Bertz CT molecular complexity index is 2350. The molecule has 0 amide bonds. The first-order valence-corrected chi connectivity index (χ1v) is 25.8. The molecule has 0 aromatic rings. The first-order chi connectivity index (χ1) is 38.8. The third-order valence-corrected chi connectivity index (χ3v) is 12.8. The van der Waals surface area contributed by atoms with Crippen LogP contribution in [0.15, 0.2) is 24.3 Å². The molecule has 0 aliphatic rings. The Hall–Kier alpha value is -3.89. The van der Waals surface area contributed by atoms with E-state index in [1.807, 2.05) is 0 Å². The molecule has 0 fully saturated rings. The summed E-state index contributed by atoms with van der Waals surface area (Å²) in [5.74, 6) is -117. The highest BCUT2D eigenvalue weighted by Gasteiger charge is 2.97. The summed E-state index contributed by atoms with van der Waals surface area (Å²) in [6.07, 6.45) is -24.8. The predicted molar refractivity (Wildman–Crippen MR) is 228 cm³/mol. The van der Waals surface area contributed by atoms with Gasteiger partial charge in [-0.3, -0.25) is 14.2 Å². The van der Waals surface area contributed by atoms with Crippen LogP contribution < -0.4 is 4.89 Å². The Morgan fingerprint density at radius 1 is 0.398 bits per heavy atom. The van der Waals surface area contributed by atoms with E-state index in [1.165, 1.54) is 0 Å². The van der Waals surface area contributed by atoms with E-state index in [0.29, 0.717) is 0 Å². The Morgan fingerprint density at radius 3 is 1.00 bits per heavy atom. The second kappa shape index (κ2) is 29.0. The highest BCUT2D eigenvalue weighted by atomic mass is 31.2. The van der Waals surface area contributed by atoms with Gasteiger partial charge in [0.1, 0.15) is 19.8 Å². The number of unbranched alkanes of at least 4 members (excludes halogenated alkanes) is 10. The number of ether oxygens (including phenoxy) is 2. The fourth-order valence-corrected chi connectivity index (χ4v) is 7.13. The molecule has 2 atom stereocenters. The number of quaternary nitrogens is 1. The van der Waals surface area contributed by atoms with E-state index in [4.69, 9.17) is 9.47 Å². The Balaban J connectivity index is 5.53. The van der Waals surface area contributed by atoms with E-state index >= 15 is 0 Å². The number of likely N-dealkylation sites (N-methyl/N-ethyl adjacent to an activating group) is 1. The highest BCUT2D eigenvalue weighted by molar-refractivity contribution is 7.45. The molecular formula is C44H50F34NO8P. The topological polar surface area (TPSA) is 111 Å². The van der Waals surface area contributed by atoms with Gasteiger partial charge >= 0.3 is 107 Å². The van der Waals surface area contributed by atoms with E-state index < -0.39 is 192 Å². The van der Waals surface area contributed by atoms with Crippen molar-refractivity contribution in [1.29, 1.82) is 0 Å². The lowest BCUT2D eigenvalue weighted by atomic mass is 9.89. The molecule has 0 spiro atoms. The molecule has 0 rings (SSSR count). The van der Waals surface area contributed by atoms with Gasteiger partial charge in [-0.1, -0.05) is 50.7 Å². The highest BCUT2D eigenvalue weighted by Crippen LogP contribution is 2.66. The summed E-state index contributed by atoms with van der Waals surface area (Å²) in [6.45, 7) is -2.39. The van der Waals surface area contributed by atoms with Crippen LogP contribution in [0.1, 0.15) is 89.9 Å². The van der Waals surface area contributed by atoms with E-state index in [-0.39, 0.29) is 74.5 Å². The minimum Gasteiger partial charge on any atom is -0.756 e. The number of halogens is 34. The van der Waals surface area contributed by atoms with Gasteiger partial charge < -0.3 is 27.9 Å². The molecule has 44 heteroatoms. The summed E-state index contributed by atoms with van der Waals surface area (Å²) in [6, 6.07) is 0. The van der Waals surface area contributed by atoms with Crippen LogP contribution in [0.5, 0.6) is 0 Å². The average Bonchev–Trinajstić information content (AvgIpc) is 0.710. The van der Waals surface area contributed by atoms with Gasteiger partial charge in [0.25, 0.3) is 7.82 Å². The standard InChI is InChI=1S/C44H50F34NO8P/c1-79(2,3)22-23-85-88(82,83)86-25-26(87-28(81)19-15-11-7-5-9-13-17-21-30(47,48)32(51,52)34(55,56)36(59,60)38(63,64)40(67,68)42(71,72)44(76,77)78)24-84-27(80)18-14-10-6-4-8-12-16-20-29(45,46)31(49,50)33(53,54)35(57,58)37(61,62)39(65,66)41(69,70)43(73,74)75/h16-17,20-21,26H,4-15,18-19,22-25H2,1-3H3/b20-16+,21-17+. The van der Waals surface area contributed by atoms with Gasteiger partial charge in [-0.15, -0.1) is 0 Å². The van der Waals surface area contributed by atoms with Crippen molar-refractivity contribution in [1.82, 2.24) is 0 Å². The fraction of sp³-hybridized carbons (Fsp3) is 0.864. The van der Waals surface area contributed by atoms with E-state index in [1.54, 1.807) is 21.1 Å². The van der Waals surface area contributed by atoms with Gasteiger partial charge in [-0.25, -0.2) is 0 Å². The average molecular weight is 1400 g/mol. The number of hydrogen-bond donors (Lipinski definition) is 0. The molecule has 0 saturated carbocycles. The normalized spacial score (nSPS) is 16.4. The van der Waals surface area contributed by atoms with Crippen LogP contribution in [0.2, 0.25) is 0 Å². The quantitative estimate of drug-likeness (QED) is 0.0149. The third-order valence-electron chi connectivity index (χ3n) is 11.8. The van der Waals surface area contributed by atoms with Gasteiger partial charge in [-0.2, -0.15) is 149 Å². The first kappa shape index (κ1) is 84.1. The number of nitrogens with zero attached hydrogens (tertiary/aromatic N) is 1. The molecule has 0 aliphatic heterocycles. The molecule has 88 heavy (non-hydrogen) atoms. The lowest BCUT2D eigenvalue weighted by Gasteiger charge is -2.42. The zero-order valence-electron chi connectivity index (χ0n) is 44.6. The van der Waals surface area contributed by atoms with Gasteiger partial charge in [0.2, 0.25) is 0 Å².